The monoisotopic (exact) mass is 250 g/mol. The fraction of sp³-hybridized carbons (Fsp3) is 0.600. The number of ketones is 1. The van der Waals surface area contributed by atoms with E-state index in [0.29, 0.717) is 0 Å². The van der Waals surface area contributed by atoms with Crippen LogP contribution >= 0.6 is 0 Å². The number of hydrogen-bond donors (Lipinski definition) is 1. The molecule has 2 atom stereocenters. The summed E-state index contributed by atoms with van der Waals surface area (Å²) in [6.07, 6.45) is 7.31. The average Bonchev–Trinajstić information content (AvgIpc) is 2.61. The van der Waals surface area contributed by atoms with E-state index >= 15 is 0 Å². The Balaban J connectivity index is 0.000000225. The standard InChI is InChI=1S/C10H16O2.C5H6O/c1-6(2)5-7-8(9(11)12)10(7,3)4;6-5-3-1-2-4-5/h5,7-8H,1-4H3,(H,11,12);1,3H,2,4H2. The summed E-state index contributed by atoms with van der Waals surface area (Å²) >= 11 is 0. The second-order valence-electron chi connectivity index (χ2n) is 5.81. The zero-order valence-corrected chi connectivity index (χ0v) is 11.6. The highest BCUT2D eigenvalue weighted by molar-refractivity contribution is 5.91. The largest absolute Gasteiger partial charge is 0.481 e. The number of aliphatic carboxylic acids is 1. The molecule has 0 heterocycles. The molecule has 2 rings (SSSR count). The summed E-state index contributed by atoms with van der Waals surface area (Å²) in [5.74, 6) is -0.329. The minimum Gasteiger partial charge on any atom is -0.481 e. The van der Waals surface area contributed by atoms with Gasteiger partial charge in [-0.15, -0.1) is 0 Å². The van der Waals surface area contributed by atoms with Crippen molar-refractivity contribution in [2.45, 2.75) is 40.5 Å². The molecule has 2 unspecified atom stereocenters. The van der Waals surface area contributed by atoms with Crippen LogP contribution in [0.25, 0.3) is 0 Å². The van der Waals surface area contributed by atoms with E-state index in [9.17, 15) is 9.59 Å². The smallest absolute Gasteiger partial charge is 0.307 e. The first-order valence-electron chi connectivity index (χ1n) is 6.34. The molecular weight excluding hydrogens is 228 g/mol. The summed E-state index contributed by atoms with van der Waals surface area (Å²) in [6.45, 7) is 8.03. The minimum absolute atomic E-state index is 0.0386. The molecule has 1 fully saturated rings. The molecule has 1 N–H and O–H groups in total. The lowest BCUT2D eigenvalue weighted by Crippen LogP contribution is -2.02. The van der Waals surface area contributed by atoms with Gasteiger partial charge in [-0.2, -0.15) is 0 Å². The van der Waals surface area contributed by atoms with Crippen molar-refractivity contribution in [3.63, 3.8) is 0 Å². The van der Waals surface area contributed by atoms with Gasteiger partial charge in [-0.1, -0.05) is 31.6 Å². The molecule has 0 aromatic carbocycles. The van der Waals surface area contributed by atoms with E-state index in [1.165, 1.54) is 5.57 Å². The second kappa shape index (κ2) is 5.51. The molecule has 0 spiro atoms. The topological polar surface area (TPSA) is 54.4 Å². The molecule has 100 valence electrons. The van der Waals surface area contributed by atoms with Gasteiger partial charge in [0.25, 0.3) is 0 Å². The minimum atomic E-state index is -0.664. The van der Waals surface area contributed by atoms with Crippen molar-refractivity contribution in [1.82, 2.24) is 0 Å². The van der Waals surface area contributed by atoms with E-state index in [1.54, 1.807) is 6.08 Å². The molecule has 3 nitrogen and oxygen atoms in total. The summed E-state index contributed by atoms with van der Waals surface area (Å²) < 4.78 is 0. The quantitative estimate of drug-likeness (QED) is 0.766. The molecule has 0 saturated heterocycles. The van der Waals surface area contributed by atoms with Crippen LogP contribution in [0.4, 0.5) is 0 Å². The Bertz CT molecular complexity index is 398. The summed E-state index contributed by atoms with van der Waals surface area (Å²) in [5, 5.41) is 8.84. The Labute approximate surface area is 109 Å². The Morgan fingerprint density at radius 3 is 2.28 bits per heavy atom. The fourth-order valence-electron chi connectivity index (χ4n) is 2.34. The normalized spacial score (nSPS) is 27.2. The van der Waals surface area contributed by atoms with Gasteiger partial charge in [0.05, 0.1) is 5.92 Å². The van der Waals surface area contributed by atoms with Crippen molar-refractivity contribution < 1.29 is 14.7 Å². The molecule has 0 radical (unpaired) electrons. The van der Waals surface area contributed by atoms with Crippen molar-refractivity contribution >= 4 is 11.8 Å². The van der Waals surface area contributed by atoms with Crippen LogP contribution in [0, 0.1) is 17.3 Å². The van der Waals surface area contributed by atoms with E-state index in [2.05, 4.69) is 6.08 Å². The lowest BCUT2D eigenvalue weighted by molar-refractivity contribution is -0.139. The summed E-state index contributed by atoms with van der Waals surface area (Å²) in [5.41, 5.74) is 1.17. The van der Waals surface area contributed by atoms with Crippen molar-refractivity contribution in [1.29, 1.82) is 0 Å². The van der Waals surface area contributed by atoms with Gasteiger partial charge < -0.3 is 5.11 Å². The molecular formula is C15H22O3. The maximum absolute atomic E-state index is 10.7. The van der Waals surface area contributed by atoms with Gasteiger partial charge in [0, 0.05) is 6.42 Å². The van der Waals surface area contributed by atoms with Crippen LogP contribution in [0.3, 0.4) is 0 Å². The third kappa shape index (κ3) is 3.56. The van der Waals surface area contributed by atoms with E-state index in [-0.39, 0.29) is 23.0 Å². The molecule has 2 aliphatic carbocycles. The first-order chi connectivity index (χ1) is 8.26. The lowest BCUT2D eigenvalue weighted by atomic mass is 10.1. The van der Waals surface area contributed by atoms with Gasteiger partial charge >= 0.3 is 5.97 Å². The SMILES string of the molecule is CC(C)=CC1C(C(=O)O)C1(C)C.O=C1C=CCC1. The third-order valence-corrected chi connectivity index (χ3v) is 3.55. The Kier molecular flexibility index (Phi) is 4.49. The molecule has 1 saturated carbocycles. The van der Waals surface area contributed by atoms with Crippen LogP contribution in [0.5, 0.6) is 0 Å². The van der Waals surface area contributed by atoms with Gasteiger partial charge in [-0.05, 0) is 37.7 Å². The van der Waals surface area contributed by atoms with Crippen LogP contribution < -0.4 is 0 Å². The number of allylic oxidation sites excluding steroid dienone is 4. The van der Waals surface area contributed by atoms with E-state index < -0.39 is 5.97 Å². The molecule has 18 heavy (non-hydrogen) atoms. The second-order valence-corrected chi connectivity index (χ2v) is 5.81. The van der Waals surface area contributed by atoms with Crippen LogP contribution in [-0.2, 0) is 9.59 Å². The Hall–Kier alpha value is -1.38. The van der Waals surface area contributed by atoms with Crippen molar-refractivity contribution in [3.8, 4) is 0 Å². The van der Waals surface area contributed by atoms with Gasteiger partial charge in [-0.25, -0.2) is 0 Å². The Morgan fingerprint density at radius 1 is 1.44 bits per heavy atom. The molecule has 0 amide bonds. The summed E-state index contributed by atoms with van der Waals surface area (Å²) in [4.78, 5) is 20.9. The van der Waals surface area contributed by atoms with Crippen LogP contribution in [0.1, 0.15) is 40.5 Å². The van der Waals surface area contributed by atoms with Crippen molar-refractivity contribution in [3.05, 3.63) is 23.8 Å². The Morgan fingerprint density at radius 2 is 2.06 bits per heavy atom. The maximum atomic E-state index is 10.7. The summed E-state index contributed by atoms with van der Waals surface area (Å²) in [7, 11) is 0. The maximum Gasteiger partial charge on any atom is 0.307 e. The van der Waals surface area contributed by atoms with Crippen LogP contribution in [0.15, 0.2) is 23.8 Å². The number of carboxylic acids is 1. The average molecular weight is 250 g/mol. The number of carbonyl (C=O) groups is 2. The highest BCUT2D eigenvalue weighted by Gasteiger charge is 2.60. The number of hydrogen-bond acceptors (Lipinski definition) is 2. The predicted octanol–water partition coefficient (Wildman–Crippen LogP) is 3.21. The van der Waals surface area contributed by atoms with E-state index in [4.69, 9.17) is 5.11 Å². The van der Waals surface area contributed by atoms with E-state index in [1.807, 2.05) is 33.8 Å². The zero-order valence-electron chi connectivity index (χ0n) is 11.6. The van der Waals surface area contributed by atoms with E-state index in [0.717, 1.165) is 12.8 Å². The number of carbonyl (C=O) groups excluding carboxylic acids is 1. The number of carboxylic acid groups (broad SMARTS) is 1. The molecule has 2 aliphatic rings. The highest BCUT2D eigenvalue weighted by atomic mass is 16.4. The molecule has 0 aromatic rings. The number of rotatable bonds is 2. The van der Waals surface area contributed by atoms with Crippen LogP contribution in [-0.4, -0.2) is 16.9 Å². The summed E-state index contributed by atoms with van der Waals surface area (Å²) in [6, 6.07) is 0. The molecule has 0 bridgehead atoms. The van der Waals surface area contributed by atoms with Gasteiger partial charge in [0.2, 0.25) is 0 Å². The van der Waals surface area contributed by atoms with Crippen molar-refractivity contribution in [2.75, 3.05) is 0 Å². The van der Waals surface area contributed by atoms with Gasteiger partial charge in [-0.3, -0.25) is 9.59 Å². The molecule has 3 heteroatoms. The molecule has 0 aromatic heterocycles. The first kappa shape index (κ1) is 14.7. The molecule has 0 aliphatic heterocycles. The zero-order chi connectivity index (χ0) is 13.9. The predicted molar refractivity (Wildman–Crippen MR) is 71.2 cm³/mol. The van der Waals surface area contributed by atoms with Gasteiger partial charge in [0.1, 0.15) is 0 Å². The van der Waals surface area contributed by atoms with Gasteiger partial charge in [0.15, 0.2) is 5.78 Å². The van der Waals surface area contributed by atoms with Crippen LogP contribution in [0.2, 0.25) is 0 Å². The third-order valence-electron chi connectivity index (χ3n) is 3.55. The first-order valence-corrected chi connectivity index (χ1v) is 6.34. The fourth-order valence-corrected chi connectivity index (χ4v) is 2.34. The lowest BCUT2D eigenvalue weighted by Gasteiger charge is -1.96. The van der Waals surface area contributed by atoms with Crippen molar-refractivity contribution in [2.24, 2.45) is 17.3 Å². The highest BCUT2D eigenvalue weighted by Crippen LogP contribution is 2.59.